The predicted molar refractivity (Wildman–Crippen MR) is 72.9 cm³/mol. The third-order valence-electron chi connectivity index (χ3n) is 3.35. The first-order valence-electron chi connectivity index (χ1n) is 6.23. The fraction of sp³-hybridized carbons (Fsp3) is 0.250. The molecule has 0 saturated heterocycles. The van der Waals surface area contributed by atoms with E-state index >= 15 is 0 Å². The molecule has 0 heterocycles. The molecule has 0 aromatic heterocycles. The average Bonchev–Trinajstić information content (AvgIpc) is 2.47. The second-order valence-corrected chi connectivity index (χ2v) is 4.66. The molecular weight excluding hydrogens is 259 g/mol. The number of rotatable bonds is 3. The fourth-order valence-corrected chi connectivity index (χ4v) is 2.18. The minimum absolute atomic E-state index is 0.138. The summed E-state index contributed by atoms with van der Waals surface area (Å²) in [7, 11) is 1.23. The highest BCUT2D eigenvalue weighted by Crippen LogP contribution is 2.35. The lowest BCUT2D eigenvalue weighted by Gasteiger charge is -2.25. The standard InChI is InChI=1S/C16H15FO3/c1-11(18)16(17)9-8-13(12-6-4-3-5-7-12)14(10-16)15(19)20-2/h3-10,13H,1-2H3. The number of benzene rings is 1. The van der Waals surface area contributed by atoms with Gasteiger partial charge in [0.1, 0.15) is 0 Å². The van der Waals surface area contributed by atoms with Crippen LogP contribution in [0.15, 0.2) is 54.1 Å². The molecule has 0 amide bonds. The van der Waals surface area contributed by atoms with Crippen molar-refractivity contribution in [2.75, 3.05) is 7.11 Å². The normalized spacial score (nSPS) is 24.9. The van der Waals surface area contributed by atoms with Crippen molar-refractivity contribution in [1.82, 2.24) is 0 Å². The highest BCUT2D eigenvalue weighted by atomic mass is 19.1. The summed E-state index contributed by atoms with van der Waals surface area (Å²) in [6.45, 7) is 1.15. The zero-order chi connectivity index (χ0) is 14.8. The Bertz CT molecular complexity index is 589. The van der Waals surface area contributed by atoms with Gasteiger partial charge in [-0.1, -0.05) is 36.4 Å². The maximum atomic E-state index is 14.4. The lowest BCUT2D eigenvalue weighted by molar-refractivity contribution is -0.136. The van der Waals surface area contributed by atoms with Gasteiger partial charge in [-0.05, 0) is 24.6 Å². The van der Waals surface area contributed by atoms with Crippen molar-refractivity contribution in [2.24, 2.45) is 0 Å². The Kier molecular flexibility index (Phi) is 3.84. The first-order chi connectivity index (χ1) is 9.48. The van der Waals surface area contributed by atoms with Crippen LogP contribution in [-0.2, 0) is 14.3 Å². The van der Waals surface area contributed by atoms with Crippen molar-refractivity contribution in [3.8, 4) is 0 Å². The lowest BCUT2D eigenvalue weighted by atomic mass is 9.81. The monoisotopic (exact) mass is 274 g/mol. The molecule has 0 spiro atoms. The molecule has 2 atom stereocenters. The van der Waals surface area contributed by atoms with Gasteiger partial charge in [0.05, 0.1) is 7.11 Å². The van der Waals surface area contributed by atoms with Gasteiger partial charge in [0.15, 0.2) is 5.78 Å². The molecule has 0 saturated carbocycles. The van der Waals surface area contributed by atoms with Gasteiger partial charge >= 0.3 is 5.97 Å². The summed E-state index contributed by atoms with van der Waals surface area (Å²) in [5, 5.41) is 0. The minimum atomic E-state index is -2.24. The molecule has 0 bridgehead atoms. The Labute approximate surface area is 116 Å². The summed E-state index contributed by atoms with van der Waals surface area (Å²) in [4.78, 5) is 23.3. The van der Waals surface area contributed by atoms with E-state index in [-0.39, 0.29) is 5.57 Å². The van der Waals surface area contributed by atoms with E-state index < -0.39 is 23.3 Å². The molecule has 1 aliphatic carbocycles. The smallest absolute Gasteiger partial charge is 0.334 e. The minimum Gasteiger partial charge on any atom is -0.466 e. The summed E-state index contributed by atoms with van der Waals surface area (Å²) in [5.41, 5.74) is -1.26. The van der Waals surface area contributed by atoms with E-state index in [1.165, 1.54) is 19.3 Å². The maximum absolute atomic E-state index is 14.4. The second kappa shape index (κ2) is 5.41. The number of methoxy groups -OCH3 is 1. The summed E-state index contributed by atoms with van der Waals surface area (Å²) >= 11 is 0. The van der Waals surface area contributed by atoms with Gasteiger partial charge in [-0.25, -0.2) is 9.18 Å². The summed E-state index contributed by atoms with van der Waals surface area (Å²) < 4.78 is 19.1. The van der Waals surface area contributed by atoms with Crippen molar-refractivity contribution in [3.05, 3.63) is 59.7 Å². The van der Waals surface area contributed by atoms with Crippen LogP contribution in [0.1, 0.15) is 18.4 Å². The van der Waals surface area contributed by atoms with Crippen LogP contribution in [0.4, 0.5) is 4.39 Å². The first-order valence-corrected chi connectivity index (χ1v) is 6.23. The molecule has 0 radical (unpaired) electrons. The van der Waals surface area contributed by atoms with Crippen LogP contribution < -0.4 is 0 Å². The van der Waals surface area contributed by atoms with Crippen molar-refractivity contribution in [3.63, 3.8) is 0 Å². The van der Waals surface area contributed by atoms with E-state index in [4.69, 9.17) is 4.74 Å². The third kappa shape index (κ3) is 2.54. The number of carbonyl (C=O) groups excluding carboxylic acids is 2. The van der Waals surface area contributed by atoms with Crippen LogP contribution in [0.5, 0.6) is 0 Å². The van der Waals surface area contributed by atoms with Crippen LogP contribution in [0.3, 0.4) is 0 Å². The van der Waals surface area contributed by atoms with E-state index in [0.29, 0.717) is 0 Å². The molecule has 4 heteroatoms. The zero-order valence-corrected chi connectivity index (χ0v) is 11.3. The van der Waals surface area contributed by atoms with Crippen molar-refractivity contribution in [2.45, 2.75) is 18.5 Å². The molecule has 1 aromatic carbocycles. The summed E-state index contributed by atoms with van der Waals surface area (Å²) in [6.07, 6.45) is 3.78. The molecule has 2 rings (SSSR count). The van der Waals surface area contributed by atoms with E-state index in [2.05, 4.69) is 0 Å². The number of ether oxygens (including phenoxy) is 1. The first kappa shape index (κ1) is 14.2. The quantitative estimate of drug-likeness (QED) is 0.628. The van der Waals surface area contributed by atoms with E-state index in [1.54, 1.807) is 0 Å². The Morgan fingerprint density at radius 3 is 2.45 bits per heavy atom. The number of halogens is 1. The molecule has 1 aliphatic rings. The molecule has 3 nitrogen and oxygen atoms in total. The van der Waals surface area contributed by atoms with Gasteiger partial charge < -0.3 is 4.74 Å². The predicted octanol–water partition coefficient (Wildman–Crippen LogP) is 2.74. The van der Waals surface area contributed by atoms with Crippen LogP contribution >= 0.6 is 0 Å². The third-order valence-corrected chi connectivity index (χ3v) is 3.35. The van der Waals surface area contributed by atoms with Gasteiger partial charge in [0.2, 0.25) is 5.67 Å². The average molecular weight is 274 g/mol. The molecule has 0 aliphatic heterocycles. The van der Waals surface area contributed by atoms with Gasteiger partial charge in [0.25, 0.3) is 0 Å². The molecule has 2 unspecified atom stereocenters. The zero-order valence-electron chi connectivity index (χ0n) is 11.3. The Morgan fingerprint density at radius 1 is 1.25 bits per heavy atom. The number of hydrogen-bond donors (Lipinski definition) is 0. The SMILES string of the molecule is COC(=O)C1=CC(F)(C(C)=O)C=CC1c1ccccc1. The number of ketones is 1. The maximum Gasteiger partial charge on any atom is 0.334 e. The van der Waals surface area contributed by atoms with E-state index in [0.717, 1.165) is 18.6 Å². The highest BCUT2D eigenvalue weighted by molar-refractivity contribution is 5.96. The Hall–Kier alpha value is -2.23. The van der Waals surface area contributed by atoms with Crippen LogP contribution in [0.2, 0.25) is 0 Å². The number of esters is 1. The van der Waals surface area contributed by atoms with Crippen molar-refractivity contribution >= 4 is 11.8 Å². The number of allylic oxidation sites excluding steroid dienone is 3. The number of hydrogen-bond acceptors (Lipinski definition) is 3. The van der Waals surface area contributed by atoms with Crippen LogP contribution in [0, 0.1) is 0 Å². The van der Waals surface area contributed by atoms with Gasteiger partial charge in [0, 0.05) is 11.5 Å². The van der Waals surface area contributed by atoms with E-state index in [9.17, 15) is 14.0 Å². The van der Waals surface area contributed by atoms with Crippen LogP contribution in [0.25, 0.3) is 0 Å². The number of Topliss-reactive ketones (excluding diaryl/α,β-unsaturated/α-hetero) is 1. The fourth-order valence-electron chi connectivity index (χ4n) is 2.18. The number of carbonyl (C=O) groups is 2. The van der Waals surface area contributed by atoms with Gasteiger partial charge in [-0.3, -0.25) is 4.79 Å². The van der Waals surface area contributed by atoms with Crippen molar-refractivity contribution in [1.29, 1.82) is 0 Å². The second-order valence-electron chi connectivity index (χ2n) is 4.66. The van der Waals surface area contributed by atoms with E-state index in [1.807, 2.05) is 30.3 Å². The topological polar surface area (TPSA) is 43.4 Å². The molecule has 0 N–H and O–H groups in total. The molecule has 104 valence electrons. The highest BCUT2D eigenvalue weighted by Gasteiger charge is 2.37. The summed E-state index contributed by atoms with van der Waals surface area (Å²) in [5.74, 6) is -1.71. The van der Waals surface area contributed by atoms with Gasteiger partial charge in [-0.2, -0.15) is 0 Å². The Balaban J connectivity index is 2.48. The Morgan fingerprint density at radius 2 is 1.90 bits per heavy atom. The molecular formula is C16H15FO3. The van der Waals surface area contributed by atoms with Gasteiger partial charge in [-0.15, -0.1) is 0 Å². The largest absolute Gasteiger partial charge is 0.466 e. The van der Waals surface area contributed by atoms with Crippen LogP contribution in [-0.4, -0.2) is 24.5 Å². The summed E-state index contributed by atoms with van der Waals surface area (Å²) in [6, 6.07) is 9.20. The lowest BCUT2D eigenvalue weighted by Crippen LogP contribution is -2.32. The molecule has 1 aromatic rings. The van der Waals surface area contributed by atoms with Crippen molar-refractivity contribution < 1.29 is 18.7 Å². The molecule has 20 heavy (non-hydrogen) atoms. The number of alkyl halides is 1. The molecule has 0 fully saturated rings.